The van der Waals surface area contributed by atoms with Gasteiger partial charge in [-0.15, -0.1) is 0 Å². The van der Waals surface area contributed by atoms with Crippen LogP contribution in [0.15, 0.2) is 0 Å². The van der Waals surface area contributed by atoms with Gasteiger partial charge >= 0.3 is 0 Å². The molecule has 1 aliphatic carbocycles. The molecule has 0 heterocycles. The van der Waals surface area contributed by atoms with Crippen molar-refractivity contribution in [3.05, 3.63) is 0 Å². The van der Waals surface area contributed by atoms with E-state index < -0.39 is 0 Å². The Hall–Kier alpha value is -0.570. The van der Waals surface area contributed by atoms with Crippen LogP contribution in [0.4, 0.5) is 0 Å². The van der Waals surface area contributed by atoms with Gasteiger partial charge in [-0.05, 0) is 56.8 Å². The van der Waals surface area contributed by atoms with Gasteiger partial charge in [-0.2, -0.15) is 0 Å². The van der Waals surface area contributed by atoms with Crippen molar-refractivity contribution in [2.24, 2.45) is 23.5 Å². The Morgan fingerprint density at radius 2 is 1.79 bits per heavy atom. The number of amides is 1. The maximum Gasteiger partial charge on any atom is 0.237 e. The first-order valence-corrected chi connectivity index (χ1v) is 7.81. The summed E-state index contributed by atoms with van der Waals surface area (Å²) < 4.78 is 0. The topological polar surface area (TPSA) is 55.1 Å². The largest absolute Gasteiger partial charge is 0.350 e. The molecule has 0 radical (unpaired) electrons. The molecule has 0 aliphatic heterocycles. The molecule has 0 aromatic rings. The second-order valence-corrected chi connectivity index (χ2v) is 7.37. The van der Waals surface area contributed by atoms with Crippen molar-refractivity contribution in [2.45, 2.75) is 78.3 Å². The molecule has 0 spiro atoms. The highest BCUT2D eigenvalue weighted by Gasteiger charge is 2.34. The van der Waals surface area contributed by atoms with Crippen LogP contribution in [-0.4, -0.2) is 17.5 Å². The molecule has 3 N–H and O–H groups in total. The minimum absolute atomic E-state index is 0.0270. The predicted octanol–water partition coefficient (Wildman–Crippen LogP) is 3.08. The number of hydrogen-bond acceptors (Lipinski definition) is 2. The lowest BCUT2D eigenvalue weighted by molar-refractivity contribution is -0.125. The van der Waals surface area contributed by atoms with E-state index in [0.717, 1.165) is 31.1 Å². The van der Waals surface area contributed by atoms with E-state index >= 15 is 0 Å². The molecule has 19 heavy (non-hydrogen) atoms. The first-order valence-electron chi connectivity index (χ1n) is 7.81. The number of carbonyl (C=O) groups is 1. The molecule has 3 heteroatoms. The summed E-state index contributed by atoms with van der Waals surface area (Å²) in [7, 11) is 0. The van der Waals surface area contributed by atoms with E-state index in [1.54, 1.807) is 0 Å². The van der Waals surface area contributed by atoms with E-state index in [1.807, 2.05) is 0 Å². The summed E-state index contributed by atoms with van der Waals surface area (Å²) in [4.78, 5) is 12.1. The summed E-state index contributed by atoms with van der Waals surface area (Å²) in [6, 6.07) is -0.361. The Balaban J connectivity index is 2.46. The fourth-order valence-corrected chi connectivity index (χ4v) is 3.07. The number of rotatable bonds is 5. The van der Waals surface area contributed by atoms with Crippen LogP contribution in [-0.2, 0) is 4.79 Å². The number of nitrogens with one attached hydrogen (secondary N) is 1. The molecule has 0 aromatic heterocycles. The Morgan fingerprint density at radius 3 is 2.21 bits per heavy atom. The Labute approximate surface area is 118 Å². The molecule has 1 atom stereocenters. The minimum Gasteiger partial charge on any atom is -0.350 e. The molecule has 1 fully saturated rings. The van der Waals surface area contributed by atoms with Crippen LogP contribution in [0.1, 0.15) is 66.7 Å². The highest BCUT2D eigenvalue weighted by molar-refractivity contribution is 5.82. The molecule has 112 valence electrons. The lowest BCUT2D eigenvalue weighted by Gasteiger charge is -2.40. The average molecular weight is 268 g/mol. The Bertz CT molecular complexity index is 291. The molecular weight excluding hydrogens is 236 g/mol. The summed E-state index contributed by atoms with van der Waals surface area (Å²) in [6.45, 7) is 11.0. The summed E-state index contributed by atoms with van der Waals surface area (Å²) >= 11 is 0. The van der Waals surface area contributed by atoms with Gasteiger partial charge in [-0.1, -0.05) is 27.7 Å². The van der Waals surface area contributed by atoms with Gasteiger partial charge in [0.05, 0.1) is 6.04 Å². The van der Waals surface area contributed by atoms with E-state index in [0.29, 0.717) is 5.92 Å². The normalized spacial score (nSPS) is 29.6. The first kappa shape index (κ1) is 16.5. The van der Waals surface area contributed by atoms with Crippen LogP contribution >= 0.6 is 0 Å². The SMILES string of the molecule is CC(C)C[C@H](N)C(=O)NC1(C)CCC(C(C)C)CC1. The maximum atomic E-state index is 12.1. The second-order valence-electron chi connectivity index (χ2n) is 7.37. The fraction of sp³-hybridized carbons (Fsp3) is 0.938. The third-order valence-corrected chi connectivity index (χ3v) is 4.56. The summed E-state index contributed by atoms with van der Waals surface area (Å²) in [5.41, 5.74) is 5.91. The molecule has 0 bridgehead atoms. The lowest BCUT2D eigenvalue weighted by atomic mass is 9.73. The van der Waals surface area contributed by atoms with Crippen LogP contribution < -0.4 is 11.1 Å². The monoisotopic (exact) mass is 268 g/mol. The van der Waals surface area contributed by atoms with Gasteiger partial charge in [0, 0.05) is 5.54 Å². The van der Waals surface area contributed by atoms with Gasteiger partial charge in [0.1, 0.15) is 0 Å². The molecule has 1 aliphatic rings. The van der Waals surface area contributed by atoms with Crippen molar-refractivity contribution in [2.75, 3.05) is 0 Å². The second kappa shape index (κ2) is 6.74. The van der Waals surface area contributed by atoms with Gasteiger partial charge in [0.25, 0.3) is 0 Å². The van der Waals surface area contributed by atoms with Crippen LogP contribution in [0.2, 0.25) is 0 Å². The van der Waals surface area contributed by atoms with E-state index in [2.05, 4.69) is 39.9 Å². The molecule has 0 aromatic carbocycles. The maximum absolute atomic E-state index is 12.1. The Kier molecular flexibility index (Phi) is 5.84. The predicted molar refractivity (Wildman–Crippen MR) is 80.8 cm³/mol. The molecule has 1 saturated carbocycles. The van der Waals surface area contributed by atoms with Crippen LogP contribution in [0.25, 0.3) is 0 Å². The van der Waals surface area contributed by atoms with E-state index in [9.17, 15) is 4.79 Å². The third-order valence-electron chi connectivity index (χ3n) is 4.56. The number of hydrogen-bond donors (Lipinski definition) is 2. The highest BCUT2D eigenvalue weighted by atomic mass is 16.2. The molecule has 3 nitrogen and oxygen atoms in total. The van der Waals surface area contributed by atoms with Crippen molar-refractivity contribution < 1.29 is 4.79 Å². The highest BCUT2D eigenvalue weighted by Crippen LogP contribution is 2.35. The molecular formula is C16H32N2O. The molecule has 1 rings (SSSR count). The third kappa shape index (κ3) is 5.13. The summed E-state index contributed by atoms with van der Waals surface area (Å²) in [5, 5.41) is 3.20. The zero-order valence-electron chi connectivity index (χ0n) is 13.3. The summed E-state index contributed by atoms with van der Waals surface area (Å²) in [5.74, 6) is 2.06. The van der Waals surface area contributed by atoms with Crippen molar-refractivity contribution >= 4 is 5.91 Å². The van der Waals surface area contributed by atoms with E-state index in [-0.39, 0.29) is 17.5 Å². The number of carbonyl (C=O) groups excluding carboxylic acids is 1. The number of nitrogens with two attached hydrogens (primary N) is 1. The average Bonchev–Trinajstić information content (AvgIpc) is 2.27. The van der Waals surface area contributed by atoms with E-state index in [1.165, 1.54) is 12.8 Å². The summed E-state index contributed by atoms with van der Waals surface area (Å²) in [6.07, 6.45) is 5.35. The van der Waals surface area contributed by atoms with Gasteiger partial charge in [-0.25, -0.2) is 0 Å². The van der Waals surface area contributed by atoms with Crippen molar-refractivity contribution in [1.82, 2.24) is 5.32 Å². The van der Waals surface area contributed by atoms with Gasteiger partial charge in [0.2, 0.25) is 5.91 Å². The first-order chi connectivity index (χ1) is 8.73. The van der Waals surface area contributed by atoms with Crippen molar-refractivity contribution in [3.8, 4) is 0 Å². The lowest BCUT2D eigenvalue weighted by Crippen LogP contribution is -2.53. The van der Waals surface area contributed by atoms with Gasteiger partial charge < -0.3 is 11.1 Å². The zero-order chi connectivity index (χ0) is 14.6. The molecule has 0 saturated heterocycles. The van der Waals surface area contributed by atoms with Crippen molar-refractivity contribution in [3.63, 3.8) is 0 Å². The quantitative estimate of drug-likeness (QED) is 0.805. The fourth-order valence-electron chi connectivity index (χ4n) is 3.07. The Morgan fingerprint density at radius 1 is 1.26 bits per heavy atom. The van der Waals surface area contributed by atoms with Crippen molar-refractivity contribution in [1.29, 1.82) is 0 Å². The van der Waals surface area contributed by atoms with Gasteiger partial charge in [-0.3, -0.25) is 4.79 Å². The van der Waals surface area contributed by atoms with Crippen LogP contribution in [0.5, 0.6) is 0 Å². The smallest absolute Gasteiger partial charge is 0.237 e. The minimum atomic E-state index is -0.361. The van der Waals surface area contributed by atoms with E-state index in [4.69, 9.17) is 5.73 Å². The van der Waals surface area contributed by atoms with Gasteiger partial charge in [0.15, 0.2) is 0 Å². The molecule has 1 amide bonds. The zero-order valence-corrected chi connectivity index (χ0v) is 13.3. The van der Waals surface area contributed by atoms with Crippen LogP contribution in [0.3, 0.4) is 0 Å². The molecule has 0 unspecified atom stereocenters. The standard InChI is InChI=1S/C16H32N2O/c1-11(2)10-14(17)15(19)18-16(5)8-6-13(7-9-16)12(3)4/h11-14H,6-10,17H2,1-5H3,(H,18,19)/t13?,14-,16?/m0/s1. The van der Waals surface area contributed by atoms with Crippen LogP contribution in [0, 0.1) is 17.8 Å².